The summed E-state index contributed by atoms with van der Waals surface area (Å²) in [5.41, 5.74) is -1.08. The maximum Gasteiger partial charge on any atom is 0.196 e. The van der Waals surface area contributed by atoms with E-state index in [0.29, 0.717) is 33.4 Å². The van der Waals surface area contributed by atoms with Crippen LogP contribution >= 0.6 is 0 Å². The summed E-state index contributed by atoms with van der Waals surface area (Å²) in [4.78, 5) is 53.7. The first-order valence-electron chi connectivity index (χ1n) is 10.3. The minimum Gasteiger partial charge on any atom is -0.297 e. The van der Waals surface area contributed by atoms with E-state index in [-0.39, 0.29) is 23.1 Å². The summed E-state index contributed by atoms with van der Waals surface area (Å²) in [7, 11) is 3.12. The molecule has 2 aliphatic rings. The molecule has 0 atom stereocenters. The van der Waals surface area contributed by atoms with E-state index < -0.39 is 11.1 Å². The van der Waals surface area contributed by atoms with Gasteiger partial charge in [0.25, 0.3) is 0 Å². The number of carbonyl (C=O) groups is 4. The Morgan fingerprint density at radius 2 is 0.812 bits per heavy atom. The van der Waals surface area contributed by atoms with Crippen molar-refractivity contribution in [3.63, 3.8) is 0 Å². The molecule has 0 amide bonds. The third-order valence-corrected chi connectivity index (χ3v) is 6.67. The number of hydrogen-bond donors (Lipinski definition) is 2. The summed E-state index contributed by atoms with van der Waals surface area (Å²) in [6.45, 7) is 0. The number of ketones is 4. The quantitative estimate of drug-likeness (QED) is 0.626. The van der Waals surface area contributed by atoms with Gasteiger partial charge in [-0.05, 0) is 25.2 Å². The van der Waals surface area contributed by atoms with E-state index in [2.05, 4.69) is 10.6 Å². The van der Waals surface area contributed by atoms with Crippen LogP contribution in [-0.2, 0) is 11.1 Å². The van der Waals surface area contributed by atoms with Crippen LogP contribution in [0.3, 0.4) is 0 Å². The third kappa shape index (κ3) is 2.25. The topological polar surface area (TPSA) is 92.3 Å². The molecule has 0 aromatic heterocycles. The monoisotopic (exact) mass is 424 g/mol. The largest absolute Gasteiger partial charge is 0.297 e. The van der Waals surface area contributed by atoms with Gasteiger partial charge < -0.3 is 0 Å². The van der Waals surface area contributed by atoms with Gasteiger partial charge in [-0.2, -0.15) is 0 Å². The molecule has 6 heteroatoms. The Morgan fingerprint density at radius 1 is 0.500 bits per heavy atom. The van der Waals surface area contributed by atoms with Crippen molar-refractivity contribution >= 4 is 23.1 Å². The molecule has 0 radical (unpaired) electrons. The number of Topliss-reactive ketones (excluding diaryl/α,β-unsaturated/α-hetero) is 4. The molecule has 0 saturated carbocycles. The van der Waals surface area contributed by atoms with Gasteiger partial charge in [0.2, 0.25) is 0 Å². The van der Waals surface area contributed by atoms with Gasteiger partial charge in [0, 0.05) is 22.3 Å². The van der Waals surface area contributed by atoms with Gasteiger partial charge in [-0.3, -0.25) is 29.8 Å². The summed E-state index contributed by atoms with van der Waals surface area (Å²) in [5.74, 6) is -1.43. The molecule has 6 nitrogen and oxygen atoms in total. The van der Waals surface area contributed by atoms with Gasteiger partial charge in [0.1, 0.15) is 0 Å². The number of carbonyl (C=O) groups excluding carboxylic acids is 4. The summed E-state index contributed by atoms with van der Waals surface area (Å²) in [6.07, 6.45) is 0. The van der Waals surface area contributed by atoms with Crippen molar-refractivity contribution in [3.05, 3.63) is 106 Å². The fourth-order valence-corrected chi connectivity index (χ4v) is 5.03. The highest BCUT2D eigenvalue weighted by Gasteiger charge is 2.56. The Balaban J connectivity index is 1.70. The molecule has 0 fully saturated rings. The van der Waals surface area contributed by atoms with E-state index >= 15 is 0 Å². The van der Waals surface area contributed by atoms with Crippen molar-refractivity contribution in [2.75, 3.05) is 14.1 Å². The molecular formula is C26H20N2O4. The molecule has 0 spiro atoms. The van der Waals surface area contributed by atoms with Crippen LogP contribution in [0, 0.1) is 0 Å². The molecule has 0 unspecified atom stereocenters. The SMILES string of the molecule is CNC1(c2cccc(C3(NC)C(=O)c4ccccc4C3=O)c2)C(=O)c2ccccc2C1=O. The fourth-order valence-electron chi connectivity index (χ4n) is 5.03. The van der Waals surface area contributed by atoms with Crippen LogP contribution in [0.25, 0.3) is 0 Å². The van der Waals surface area contributed by atoms with Gasteiger partial charge in [-0.1, -0.05) is 72.8 Å². The molecule has 5 rings (SSSR count). The van der Waals surface area contributed by atoms with Crippen molar-refractivity contribution in [3.8, 4) is 0 Å². The standard InChI is InChI=1S/C26H20N2O4/c1-27-25(21(29)17-10-3-4-11-18(17)22(25)30)15-8-7-9-16(14-15)26(28-2)23(31)19-12-5-6-13-20(19)24(26)32/h3-14,27-28H,1-2H3. The second kappa shape index (κ2) is 6.88. The van der Waals surface area contributed by atoms with E-state index in [9.17, 15) is 19.2 Å². The van der Waals surface area contributed by atoms with E-state index in [4.69, 9.17) is 0 Å². The van der Waals surface area contributed by atoms with Crippen molar-refractivity contribution < 1.29 is 19.2 Å². The lowest BCUT2D eigenvalue weighted by Crippen LogP contribution is -2.52. The van der Waals surface area contributed by atoms with E-state index in [1.807, 2.05) is 0 Å². The molecule has 2 N–H and O–H groups in total. The molecule has 0 saturated heterocycles. The van der Waals surface area contributed by atoms with Crippen molar-refractivity contribution in [1.29, 1.82) is 0 Å². The number of likely N-dealkylation sites (N-methyl/N-ethyl adjacent to an activating group) is 2. The average Bonchev–Trinajstić information content (AvgIpc) is 3.20. The first-order chi connectivity index (χ1) is 15.4. The zero-order valence-electron chi connectivity index (χ0n) is 17.6. The summed E-state index contributed by atoms with van der Waals surface area (Å²) in [5, 5.41) is 5.88. The predicted octanol–water partition coefficient (Wildman–Crippen LogP) is 2.67. The molecule has 3 aromatic rings. The van der Waals surface area contributed by atoms with Crippen LogP contribution < -0.4 is 10.6 Å². The lowest BCUT2D eigenvalue weighted by atomic mass is 9.79. The normalized spacial score (nSPS) is 18.1. The zero-order valence-corrected chi connectivity index (χ0v) is 17.6. The lowest BCUT2D eigenvalue weighted by Gasteiger charge is -2.30. The van der Waals surface area contributed by atoms with Gasteiger partial charge in [-0.25, -0.2) is 0 Å². The summed E-state index contributed by atoms with van der Waals surface area (Å²) >= 11 is 0. The maximum absolute atomic E-state index is 13.4. The van der Waals surface area contributed by atoms with Gasteiger partial charge in [-0.15, -0.1) is 0 Å². The van der Waals surface area contributed by atoms with Crippen LogP contribution in [0.1, 0.15) is 52.6 Å². The van der Waals surface area contributed by atoms with Crippen molar-refractivity contribution in [1.82, 2.24) is 10.6 Å². The number of fused-ring (bicyclic) bond motifs is 2. The number of nitrogens with one attached hydrogen (secondary N) is 2. The molecule has 3 aromatic carbocycles. The van der Waals surface area contributed by atoms with E-state index in [0.717, 1.165) is 0 Å². The van der Waals surface area contributed by atoms with Gasteiger partial charge in [0.05, 0.1) is 0 Å². The second-order valence-corrected chi connectivity index (χ2v) is 7.99. The van der Waals surface area contributed by atoms with Gasteiger partial charge >= 0.3 is 0 Å². The van der Waals surface area contributed by atoms with Crippen LogP contribution in [-0.4, -0.2) is 37.2 Å². The van der Waals surface area contributed by atoms with Crippen LogP contribution in [0.4, 0.5) is 0 Å². The highest BCUT2D eigenvalue weighted by atomic mass is 16.2. The van der Waals surface area contributed by atoms with Crippen molar-refractivity contribution in [2.45, 2.75) is 11.1 Å². The average molecular weight is 424 g/mol. The molecule has 158 valence electrons. The van der Waals surface area contributed by atoms with E-state index in [1.165, 1.54) is 0 Å². The molecule has 0 bridgehead atoms. The zero-order chi connectivity index (χ0) is 22.7. The molecule has 0 heterocycles. The Morgan fingerprint density at radius 3 is 1.09 bits per heavy atom. The minimum atomic E-state index is -1.62. The first kappa shape index (κ1) is 20.2. The summed E-state index contributed by atoms with van der Waals surface area (Å²) < 4.78 is 0. The van der Waals surface area contributed by atoms with Crippen LogP contribution in [0.5, 0.6) is 0 Å². The molecule has 32 heavy (non-hydrogen) atoms. The second-order valence-electron chi connectivity index (χ2n) is 7.99. The first-order valence-corrected chi connectivity index (χ1v) is 10.3. The number of rotatable bonds is 4. The number of benzene rings is 3. The highest BCUT2D eigenvalue weighted by Crippen LogP contribution is 2.41. The molecular weight excluding hydrogens is 404 g/mol. The third-order valence-electron chi connectivity index (χ3n) is 6.67. The smallest absolute Gasteiger partial charge is 0.196 e. The van der Waals surface area contributed by atoms with Crippen molar-refractivity contribution in [2.24, 2.45) is 0 Å². The van der Waals surface area contributed by atoms with Gasteiger partial charge in [0.15, 0.2) is 34.2 Å². The Bertz CT molecular complexity index is 1170. The fraction of sp³-hybridized carbons (Fsp3) is 0.154. The predicted molar refractivity (Wildman–Crippen MR) is 118 cm³/mol. The lowest BCUT2D eigenvalue weighted by molar-refractivity contribution is 0.0757. The molecule has 0 aliphatic heterocycles. The van der Waals surface area contributed by atoms with E-state index in [1.54, 1.807) is 86.9 Å². The Hall–Kier alpha value is -3.74. The summed E-state index contributed by atoms with van der Waals surface area (Å²) in [6, 6.07) is 20.0. The molecule has 2 aliphatic carbocycles. The maximum atomic E-state index is 13.4. The van der Waals surface area contributed by atoms with Crippen LogP contribution in [0.15, 0.2) is 72.8 Å². The Kier molecular flexibility index (Phi) is 4.34. The minimum absolute atomic E-state index is 0.348. The highest BCUT2D eigenvalue weighted by molar-refractivity contribution is 6.34. The van der Waals surface area contributed by atoms with Crippen LogP contribution in [0.2, 0.25) is 0 Å². The number of hydrogen-bond acceptors (Lipinski definition) is 6. The Labute approximate surface area is 184 Å².